The fourth-order valence-electron chi connectivity index (χ4n) is 7.12. The van der Waals surface area contributed by atoms with Crippen LogP contribution in [0.5, 0.6) is 11.5 Å². The molecule has 9 rings (SSSR count). The van der Waals surface area contributed by atoms with Crippen LogP contribution in [0.25, 0.3) is 22.6 Å². The summed E-state index contributed by atoms with van der Waals surface area (Å²) in [5.74, 6) is 3.10. The van der Waals surface area contributed by atoms with E-state index in [9.17, 15) is 4.39 Å². The minimum Gasteiger partial charge on any atom is -0.444 e. The summed E-state index contributed by atoms with van der Waals surface area (Å²) in [6.07, 6.45) is 7.33. The van der Waals surface area contributed by atoms with Crippen LogP contribution in [0.1, 0.15) is 73.6 Å². The van der Waals surface area contributed by atoms with Crippen LogP contribution in [0.2, 0.25) is 5.02 Å². The largest absolute Gasteiger partial charge is 0.444 e. The van der Waals surface area contributed by atoms with Gasteiger partial charge in [-0.3, -0.25) is 4.90 Å². The number of aromatic nitrogens is 6. The molecule has 2 atom stereocenters. The molecule has 10 nitrogen and oxygen atoms in total. The Balaban J connectivity index is 0.926. The van der Waals surface area contributed by atoms with Crippen molar-refractivity contribution in [1.82, 2.24) is 34.6 Å². The Kier molecular flexibility index (Phi) is 6.99. The van der Waals surface area contributed by atoms with Gasteiger partial charge in [0.15, 0.2) is 23.0 Å². The van der Waals surface area contributed by atoms with Crippen molar-refractivity contribution < 1.29 is 18.6 Å². The van der Waals surface area contributed by atoms with Crippen LogP contribution in [0.3, 0.4) is 0 Å². The Morgan fingerprint density at radius 1 is 1.02 bits per heavy atom. The number of imidazole rings is 1. The fraction of sp³-hybridized carbons (Fsp3) is 0.429. The number of para-hydroxylation sites is 1. The number of fused-ring (bicyclic) bond motifs is 2. The second-order valence-corrected chi connectivity index (χ2v) is 13.8. The first-order chi connectivity index (χ1) is 22.9. The Bertz CT molecular complexity index is 1980. The van der Waals surface area contributed by atoms with Crippen LogP contribution in [0, 0.1) is 5.82 Å². The number of halogens is 2. The van der Waals surface area contributed by atoms with E-state index in [1.165, 1.54) is 18.9 Å². The molecule has 47 heavy (non-hydrogen) atoms. The van der Waals surface area contributed by atoms with Gasteiger partial charge < -0.3 is 23.8 Å². The Morgan fingerprint density at radius 2 is 1.87 bits per heavy atom. The third-order valence-electron chi connectivity index (χ3n) is 10.0. The Morgan fingerprint density at radius 3 is 2.64 bits per heavy atom. The zero-order valence-electron chi connectivity index (χ0n) is 26.1. The van der Waals surface area contributed by atoms with Gasteiger partial charge in [0.25, 0.3) is 5.79 Å². The molecule has 0 bridgehead atoms. The highest BCUT2D eigenvalue weighted by molar-refractivity contribution is 6.30. The first-order valence-electron chi connectivity index (χ1n) is 16.5. The maximum Gasteiger partial charge on any atom is 0.278 e. The van der Waals surface area contributed by atoms with Gasteiger partial charge in [-0.05, 0) is 81.4 Å². The molecule has 3 fully saturated rings. The van der Waals surface area contributed by atoms with E-state index in [4.69, 9.17) is 35.8 Å². The molecule has 12 heteroatoms. The molecule has 2 aromatic carbocycles. The van der Waals surface area contributed by atoms with Gasteiger partial charge >= 0.3 is 0 Å². The summed E-state index contributed by atoms with van der Waals surface area (Å²) in [6.45, 7) is 5.83. The van der Waals surface area contributed by atoms with Gasteiger partial charge in [-0.1, -0.05) is 23.7 Å². The fourth-order valence-corrected chi connectivity index (χ4v) is 7.28. The molecule has 242 valence electrons. The molecule has 1 saturated carbocycles. The van der Waals surface area contributed by atoms with Gasteiger partial charge in [-0.2, -0.15) is 0 Å². The second kappa shape index (κ2) is 11.3. The van der Waals surface area contributed by atoms with Crippen molar-refractivity contribution in [3.63, 3.8) is 0 Å². The Hall–Kier alpha value is -4.06. The average Bonchev–Trinajstić information content (AvgIpc) is 3.50. The van der Waals surface area contributed by atoms with Crippen LogP contribution in [0.15, 0.2) is 48.7 Å². The lowest BCUT2D eigenvalue weighted by atomic mass is 9.88. The minimum absolute atomic E-state index is 0.183. The molecular formula is C35H35ClFN7O3. The lowest BCUT2D eigenvalue weighted by molar-refractivity contribution is -0.0712. The molecule has 3 aliphatic heterocycles. The number of ether oxygens (including phenoxy) is 3. The maximum atomic E-state index is 14.9. The van der Waals surface area contributed by atoms with Gasteiger partial charge in [0.1, 0.15) is 23.0 Å². The molecule has 4 aliphatic rings. The van der Waals surface area contributed by atoms with E-state index >= 15 is 0 Å². The Labute approximate surface area is 276 Å². The SMILES string of the molecule is CC1(c2ccc(Cl)cc2F)Oc2cccc(C3CCN(Cc4nc5cc(-c6nnc(C7CC7)[nH]6)cnc5n4C[C@@H]4CCO4)CC3)c2O1. The first-order valence-corrected chi connectivity index (χ1v) is 16.9. The standard InChI is InChI=1S/C35H35ClFN7O3/c1-35(26-8-7-23(36)16-27(26)37)46-29-4-2-3-25(31(29)47-35)20-9-12-43(13-10-20)19-30-39-28-15-22(33-40-32(41-42-33)21-5-6-21)17-38-34(28)44(30)18-24-11-14-45-24/h2-4,7-8,15-17,20-21,24H,5-6,9-14,18-19H2,1H3,(H,40,41,42)/t24-,35?/m0/s1. The summed E-state index contributed by atoms with van der Waals surface area (Å²) in [5.41, 5.74) is 4.04. The van der Waals surface area contributed by atoms with Gasteiger partial charge in [-0.25, -0.2) is 14.4 Å². The van der Waals surface area contributed by atoms with Crippen molar-refractivity contribution >= 4 is 22.8 Å². The van der Waals surface area contributed by atoms with Gasteiger partial charge in [0.05, 0.1) is 24.8 Å². The number of rotatable bonds is 8. The first kappa shape index (κ1) is 29.1. The summed E-state index contributed by atoms with van der Waals surface area (Å²) >= 11 is 6.00. The van der Waals surface area contributed by atoms with Crippen molar-refractivity contribution in [2.45, 2.75) is 75.8 Å². The average molecular weight is 656 g/mol. The number of hydrogen-bond donors (Lipinski definition) is 1. The number of benzene rings is 2. The van der Waals surface area contributed by atoms with Gasteiger partial charge in [0, 0.05) is 41.8 Å². The predicted molar refractivity (Wildman–Crippen MR) is 173 cm³/mol. The number of aromatic amines is 1. The highest BCUT2D eigenvalue weighted by Crippen LogP contribution is 2.50. The number of likely N-dealkylation sites (tertiary alicyclic amines) is 1. The van der Waals surface area contributed by atoms with Crippen LogP contribution in [0.4, 0.5) is 4.39 Å². The maximum absolute atomic E-state index is 14.9. The summed E-state index contributed by atoms with van der Waals surface area (Å²) in [5, 5.41) is 9.07. The van der Waals surface area contributed by atoms with Gasteiger partial charge in [-0.15, -0.1) is 10.2 Å². The van der Waals surface area contributed by atoms with Crippen molar-refractivity contribution in [3.8, 4) is 22.9 Å². The lowest BCUT2D eigenvalue weighted by Crippen LogP contribution is -2.35. The monoisotopic (exact) mass is 655 g/mol. The number of nitrogens with zero attached hydrogens (tertiary/aromatic N) is 6. The summed E-state index contributed by atoms with van der Waals surface area (Å²) in [7, 11) is 0. The van der Waals surface area contributed by atoms with E-state index in [2.05, 4.69) is 36.8 Å². The van der Waals surface area contributed by atoms with Crippen LogP contribution >= 0.6 is 11.6 Å². The second-order valence-electron chi connectivity index (χ2n) is 13.3. The molecule has 5 aromatic rings. The van der Waals surface area contributed by atoms with Crippen molar-refractivity contribution in [1.29, 1.82) is 0 Å². The topological polar surface area (TPSA) is 103 Å². The van der Waals surface area contributed by atoms with Crippen LogP contribution in [-0.2, 0) is 23.6 Å². The summed E-state index contributed by atoms with van der Waals surface area (Å²) in [6, 6.07) is 12.6. The van der Waals surface area contributed by atoms with Crippen LogP contribution < -0.4 is 9.47 Å². The van der Waals surface area contributed by atoms with Crippen molar-refractivity contribution in [2.75, 3.05) is 19.7 Å². The molecule has 0 radical (unpaired) electrons. The molecule has 1 N–H and O–H groups in total. The summed E-state index contributed by atoms with van der Waals surface area (Å²) < 4.78 is 35.6. The molecule has 1 unspecified atom stereocenters. The molecule has 1 aliphatic carbocycles. The van der Waals surface area contributed by atoms with E-state index < -0.39 is 11.6 Å². The third-order valence-corrected chi connectivity index (χ3v) is 10.2. The third kappa shape index (κ3) is 5.34. The highest BCUT2D eigenvalue weighted by Gasteiger charge is 2.43. The summed E-state index contributed by atoms with van der Waals surface area (Å²) in [4.78, 5) is 15.8. The van der Waals surface area contributed by atoms with Crippen molar-refractivity contribution in [3.05, 3.63) is 82.3 Å². The quantitative estimate of drug-likeness (QED) is 0.197. The number of nitrogens with one attached hydrogen (secondary N) is 1. The highest BCUT2D eigenvalue weighted by atomic mass is 35.5. The number of pyridine rings is 1. The van der Waals surface area contributed by atoms with E-state index in [1.807, 2.05) is 18.3 Å². The smallest absolute Gasteiger partial charge is 0.278 e. The van der Waals surface area contributed by atoms with E-state index in [0.29, 0.717) is 28.0 Å². The molecule has 6 heterocycles. The van der Waals surface area contributed by atoms with Crippen LogP contribution in [-0.4, -0.2) is 60.4 Å². The normalized spacial score (nSPS) is 23.0. The number of hydrogen-bond acceptors (Lipinski definition) is 8. The molecular weight excluding hydrogens is 621 g/mol. The molecule has 0 spiro atoms. The lowest BCUT2D eigenvalue weighted by Gasteiger charge is -2.33. The van der Waals surface area contributed by atoms with E-state index in [0.717, 1.165) is 91.8 Å². The molecule has 0 amide bonds. The molecule has 3 aromatic heterocycles. The predicted octanol–water partition coefficient (Wildman–Crippen LogP) is 6.70. The zero-order chi connectivity index (χ0) is 31.7. The zero-order valence-corrected chi connectivity index (χ0v) is 26.8. The van der Waals surface area contributed by atoms with Gasteiger partial charge in [0.2, 0.25) is 0 Å². The molecule has 2 saturated heterocycles. The minimum atomic E-state index is -1.27. The van der Waals surface area contributed by atoms with E-state index in [1.54, 1.807) is 19.1 Å². The van der Waals surface area contributed by atoms with Crippen molar-refractivity contribution in [2.24, 2.45) is 0 Å². The number of piperidine rings is 1. The van der Waals surface area contributed by atoms with E-state index in [-0.39, 0.29) is 12.0 Å². The number of H-pyrrole nitrogens is 1.